The van der Waals surface area contributed by atoms with E-state index in [0.717, 1.165) is 12.1 Å². The minimum Gasteiger partial charge on any atom is -0.507 e. The highest BCUT2D eigenvalue weighted by Crippen LogP contribution is 2.37. The number of benzene rings is 1. The molecule has 17 heavy (non-hydrogen) atoms. The monoisotopic (exact) mass is 261 g/mol. The molecule has 0 aliphatic rings. The predicted octanol–water partition coefficient (Wildman–Crippen LogP) is -0.850. The average molecular weight is 261 g/mol. The summed E-state index contributed by atoms with van der Waals surface area (Å²) in [7, 11) is -4.59. The van der Waals surface area contributed by atoms with Gasteiger partial charge >= 0.3 is 13.6 Å². The van der Waals surface area contributed by atoms with Crippen LogP contribution in [-0.4, -0.2) is 32.0 Å². The minimum absolute atomic E-state index is 0.0807. The number of rotatable bonds is 4. The molecule has 94 valence electrons. The molecule has 0 heterocycles. The fourth-order valence-electron chi connectivity index (χ4n) is 1.27. The van der Waals surface area contributed by atoms with Gasteiger partial charge in [-0.25, -0.2) is 0 Å². The van der Waals surface area contributed by atoms with Crippen LogP contribution in [0.15, 0.2) is 18.2 Å². The summed E-state index contributed by atoms with van der Waals surface area (Å²) in [5.41, 5.74) is 5.62. The molecule has 1 aromatic rings. The SMILES string of the molecule is NC(Cc1ccc(O)c(P(=O)(O)O)c1)C(=O)O. The number of aliphatic carboxylic acids is 1. The van der Waals surface area contributed by atoms with Crippen molar-refractivity contribution in [2.45, 2.75) is 12.5 Å². The van der Waals surface area contributed by atoms with Gasteiger partial charge in [0.2, 0.25) is 0 Å². The fraction of sp³-hybridized carbons (Fsp3) is 0.222. The maximum absolute atomic E-state index is 11.0. The van der Waals surface area contributed by atoms with Crippen molar-refractivity contribution in [2.24, 2.45) is 5.73 Å². The van der Waals surface area contributed by atoms with Crippen LogP contribution < -0.4 is 11.0 Å². The molecule has 0 saturated carbocycles. The molecule has 0 saturated heterocycles. The van der Waals surface area contributed by atoms with Crippen LogP contribution in [0.5, 0.6) is 5.75 Å². The molecule has 0 amide bonds. The van der Waals surface area contributed by atoms with E-state index in [9.17, 15) is 14.5 Å². The van der Waals surface area contributed by atoms with Crippen LogP contribution in [0.25, 0.3) is 0 Å². The van der Waals surface area contributed by atoms with Crippen LogP contribution in [0, 0.1) is 0 Å². The van der Waals surface area contributed by atoms with Crippen molar-refractivity contribution < 1.29 is 29.4 Å². The second-order valence-electron chi connectivity index (χ2n) is 3.52. The molecule has 7 nitrogen and oxygen atoms in total. The lowest BCUT2D eigenvalue weighted by Gasteiger charge is -2.10. The summed E-state index contributed by atoms with van der Waals surface area (Å²) < 4.78 is 11.0. The third-order valence-electron chi connectivity index (χ3n) is 2.13. The van der Waals surface area contributed by atoms with E-state index in [1.54, 1.807) is 0 Å². The Morgan fingerprint density at radius 1 is 1.41 bits per heavy atom. The zero-order valence-corrected chi connectivity index (χ0v) is 9.54. The lowest BCUT2D eigenvalue weighted by molar-refractivity contribution is -0.138. The molecule has 0 spiro atoms. The maximum Gasteiger partial charge on any atom is 0.359 e. The largest absolute Gasteiger partial charge is 0.507 e. The van der Waals surface area contributed by atoms with E-state index in [1.165, 1.54) is 6.07 Å². The van der Waals surface area contributed by atoms with Gasteiger partial charge < -0.3 is 25.7 Å². The van der Waals surface area contributed by atoms with E-state index >= 15 is 0 Å². The first-order valence-corrected chi connectivity index (χ1v) is 6.19. The van der Waals surface area contributed by atoms with Crippen LogP contribution in [0.2, 0.25) is 0 Å². The van der Waals surface area contributed by atoms with Gasteiger partial charge in [-0.05, 0) is 24.1 Å². The third-order valence-corrected chi connectivity index (χ3v) is 3.11. The van der Waals surface area contributed by atoms with E-state index in [2.05, 4.69) is 0 Å². The van der Waals surface area contributed by atoms with Crippen LogP contribution in [0.4, 0.5) is 0 Å². The first-order chi connectivity index (χ1) is 7.71. The maximum atomic E-state index is 11.0. The first kappa shape index (κ1) is 13.7. The molecular formula is C9H12NO6P. The Morgan fingerprint density at radius 3 is 2.47 bits per heavy atom. The molecule has 1 atom stereocenters. The van der Waals surface area contributed by atoms with Crippen molar-refractivity contribution >= 4 is 18.9 Å². The smallest absolute Gasteiger partial charge is 0.359 e. The van der Waals surface area contributed by atoms with Crippen LogP contribution in [0.3, 0.4) is 0 Å². The molecule has 0 aliphatic carbocycles. The van der Waals surface area contributed by atoms with Crippen LogP contribution in [-0.2, 0) is 15.8 Å². The fourth-order valence-corrected chi connectivity index (χ4v) is 1.98. The van der Waals surface area contributed by atoms with Gasteiger partial charge in [0.05, 0.1) is 0 Å². The topological polar surface area (TPSA) is 141 Å². The van der Waals surface area contributed by atoms with Crippen molar-refractivity contribution in [3.05, 3.63) is 23.8 Å². The normalized spacial score (nSPS) is 13.4. The lowest BCUT2D eigenvalue weighted by atomic mass is 10.1. The van der Waals surface area contributed by atoms with E-state index in [-0.39, 0.29) is 6.42 Å². The number of phenols is 1. The Kier molecular flexibility index (Phi) is 3.90. The highest BCUT2D eigenvalue weighted by atomic mass is 31.2. The molecule has 0 fully saturated rings. The summed E-state index contributed by atoms with van der Waals surface area (Å²) in [5, 5.41) is 17.3. The van der Waals surface area contributed by atoms with Gasteiger partial charge in [-0.1, -0.05) is 6.07 Å². The molecule has 8 heteroatoms. The van der Waals surface area contributed by atoms with Gasteiger partial charge in [0, 0.05) is 0 Å². The Morgan fingerprint density at radius 2 is 2.00 bits per heavy atom. The van der Waals surface area contributed by atoms with Gasteiger partial charge in [-0.3, -0.25) is 9.36 Å². The standard InChI is InChI=1S/C9H12NO6P/c10-6(9(12)13)3-5-1-2-7(11)8(4-5)17(14,15)16/h1-2,4,6,11H,3,10H2,(H,12,13)(H2,14,15,16). The molecule has 0 radical (unpaired) electrons. The lowest BCUT2D eigenvalue weighted by Crippen LogP contribution is -2.32. The summed E-state index contributed by atoms with van der Waals surface area (Å²) in [5.74, 6) is -1.75. The zero-order valence-electron chi connectivity index (χ0n) is 8.65. The highest BCUT2D eigenvalue weighted by Gasteiger charge is 2.23. The quantitative estimate of drug-likeness (QED) is 0.444. The number of hydrogen-bond acceptors (Lipinski definition) is 4. The summed E-state index contributed by atoms with van der Waals surface area (Å²) in [6.45, 7) is 0. The van der Waals surface area contributed by atoms with Crippen molar-refractivity contribution in [1.29, 1.82) is 0 Å². The molecular weight excluding hydrogens is 249 g/mol. The Bertz CT molecular complexity index is 482. The number of carboxylic acid groups (broad SMARTS) is 1. The van der Waals surface area contributed by atoms with Gasteiger partial charge in [-0.15, -0.1) is 0 Å². The van der Waals surface area contributed by atoms with Gasteiger partial charge in [0.25, 0.3) is 0 Å². The minimum atomic E-state index is -4.59. The first-order valence-electron chi connectivity index (χ1n) is 4.58. The van der Waals surface area contributed by atoms with Crippen LogP contribution in [0.1, 0.15) is 5.56 Å². The Hall–Kier alpha value is -1.40. The van der Waals surface area contributed by atoms with E-state index in [0.29, 0.717) is 5.56 Å². The van der Waals surface area contributed by atoms with E-state index in [1.807, 2.05) is 0 Å². The number of hydrogen-bond donors (Lipinski definition) is 5. The van der Waals surface area contributed by atoms with Crippen molar-refractivity contribution in [2.75, 3.05) is 0 Å². The second kappa shape index (κ2) is 4.85. The summed E-state index contributed by atoms with van der Waals surface area (Å²) in [4.78, 5) is 28.4. The van der Waals surface area contributed by atoms with Gasteiger partial charge in [0.15, 0.2) is 0 Å². The summed E-state index contributed by atoms with van der Waals surface area (Å²) in [6.07, 6.45) is -0.0807. The van der Waals surface area contributed by atoms with Crippen molar-refractivity contribution in [1.82, 2.24) is 0 Å². The third kappa shape index (κ3) is 3.54. The molecule has 6 N–H and O–H groups in total. The Labute approximate surface area is 96.7 Å². The number of phenolic OH excluding ortho intramolecular Hbond substituents is 1. The number of carboxylic acids is 1. The average Bonchev–Trinajstić information content (AvgIpc) is 2.19. The molecule has 0 aromatic heterocycles. The molecule has 0 aliphatic heterocycles. The summed E-state index contributed by atoms with van der Waals surface area (Å²) in [6, 6.07) is 2.35. The molecule has 1 aromatic carbocycles. The number of carbonyl (C=O) groups is 1. The second-order valence-corrected chi connectivity index (χ2v) is 5.09. The summed E-state index contributed by atoms with van der Waals surface area (Å²) >= 11 is 0. The Balaban J connectivity index is 3.05. The van der Waals surface area contributed by atoms with E-state index in [4.69, 9.17) is 20.6 Å². The van der Waals surface area contributed by atoms with Crippen LogP contribution >= 0.6 is 7.60 Å². The number of aromatic hydroxyl groups is 1. The van der Waals surface area contributed by atoms with E-state index < -0.39 is 30.7 Å². The molecule has 1 rings (SSSR count). The number of nitrogens with two attached hydrogens (primary N) is 1. The van der Waals surface area contributed by atoms with Gasteiger partial charge in [0.1, 0.15) is 17.1 Å². The van der Waals surface area contributed by atoms with Crippen molar-refractivity contribution in [3.8, 4) is 5.75 Å². The van der Waals surface area contributed by atoms with Gasteiger partial charge in [-0.2, -0.15) is 0 Å². The van der Waals surface area contributed by atoms with Crippen molar-refractivity contribution in [3.63, 3.8) is 0 Å². The molecule has 1 unspecified atom stereocenters. The molecule has 0 bridgehead atoms. The highest BCUT2D eigenvalue weighted by molar-refractivity contribution is 7.60. The predicted molar refractivity (Wildman–Crippen MR) is 59.1 cm³/mol. The zero-order chi connectivity index (χ0) is 13.2.